The normalized spacial score (nSPS) is 10.8. The molecule has 0 saturated carbocycles. The molecule has 1 radical (unpaired) electrons. The largest absolute Gasteiger partial charge is 0.461 e. The molecule has 0 amide bonds. The number of nitrogens with zero attached hydrogens (tertiary/aromatic N) is 3. The van der Waals surface area contributed by atoms with Crippen LogP contribution in [0.5, 0.6) is 0 Å². The van der Waals surface area contributed by atoms with E-state index in [4.69, 9.17) is 4.42 Å². The maximum atomic E-state index is 5.63. The average molecular weight is 495 g/mol. The number of hydrogen-bond donors (Lipinski definition) is 0. The van der Waals surface area contributed by atoms with Crippen LogP contribution in [0.25, 0.3) is 28.2 Å². The van der Waals surface area contributed by atoms with E-state index in [1.807, 2.05) is 25.3 Å². The molecule has 0 saturated heterocycles. The minimum atomic E-state index is 0. The third kappa shape index (κ3) is 2.60. The van der Waals surface area contributed by atoms with E-state index in [0.29, 0.717) is 5.89 Å². The second-order valence-electron chi connectivity index (χ2n) is 5.66. The van der Waals surface area contributed by atoms with Crippen LogP contribution in [0.4, 0.5) is 0 Å². The van der Waals surface area contributed by atoms with E-state index in [-0.39, 0.29) is 20.1 Å². The third-order valence-electron chi connectivity index (χ3n) is 4.00. The van der Waals surface area contributed by atoms with Gasteiger partial charge in [0.15, 0.2) is 5.89 Å². The molecule has 0 unspecified atom stereocenters. The molecule has 0 bridgehead atoms. The van der Waals surface area contributed by atoms with Crippen molar-refractivity contribution in [2.45, 2.75) is 20.8 Å². The Balaban J connectivity index is 0.00000169. The van der Waals surface area contributed by atoms with E-state index in [1.165, 1.54) is 11.1 Å². The molecular formula is C19H16IrN3O-. The third-order valence-corrected chi connectivity index (χ3v) is 4.00. The van der Waals surface area contributed by atoms with Gasteiger partial charge in [0.05, 0.1) is 11.4 Å². The Kier molecular flexibility index (Phi) is 4.39. The molecule has 2 heterocycles. The minimum Gasteiger partial charge on any atom is -0.461 e. The van der Waals surface area contributed by atoms with Crippen LogP contribution < -0.4 is 0 Å². The first kappa shape index (κ1) is 16.6. The summed E-state index contributed by atoms with van der Waals surface area (Å²) >= 11 is 0. The molecule has 4 nitrogen and oxygen atoms in total. The topological polar surface area (TPSA) is 43.9 Å². The number of benzene rings is 2. The zero-order valence-electron chi connectivity index (χ0n) is 13.6. The molecule has 2 aromatic heterocycles. The summed E-state index contributed by atoms with van der Waals surface area (Å²) in [5, 5.41) is 0. The number of hydrogen-bond acceptors (Lipinski definition) is 3. The second-order valence-corrected chi connectivity index (χ2v) is 5.66. The van der Waals surface area contributed by atoms with Gasteiger partial charge in [0.25, 0.3) is 0 Å². The Morgan fingerprint density at radius 1 is 1.08 bits per heavy atom. The van der Waals surface area contributed by atoms with Crippen molar-refractivity contribution < 1.29 is 24.5 Å². The van der Waals surface area contributed by atoms with Crippen molar-refractivity contribution in [3.05, 3.63) is 65.8 Å². The molecule has 0 aliphatic rings. The van der Waals surface area contributed by atoms with Crippen LogP contribution in [-0.4, -0.2) is 14.5 Å². The summed E-state index contributed by atoms with van der Waals surface area (Å²) in [7, 11) is 0. The molecule has 123 valence electrons. The van der Waals surface area contributed by atoms with Crippen molar-refractivity contribution in [1.82, 2.24) is 14.5 Å². The summed E-state index contributed by atoms with van der Waals surface area (Å²) in [6.45, 7) is 6.06. The molecule has 0 fully saturated rings. The number of rotatable bonds is 2. The van der Waals surface area contributed by atoms with E-state index >= 15 is 0 Å². The van der Waals surface area contributed by atoms with E-state index < -0.39 is 0 Å². The smallest absolute Gasteiger partial charge is 0.180 e. The van der Waals surface area contributed by atoms with Crippen LogP contribution in [0.3, 0.4) is 0 Å². The van der Waals surface area contributed by atoms with Gasteiger partial charge in [-0.25, -0.2) is 0 Å². The zero-order chi connectivity index (χ0) is 16.0. The Morgan fingerprint density at radius 2 is 1.83 bits per heavy atom. The molecule has 0 spiro atoms. The van der Waals surface area contributed by atoms with Crippen LogP contribution in [0.15, 0.2) is 47.1 Å². The summed E-state index contributed by atoms with van der Waals surface area (Å²) < 4.78 is 7.73. The first-order valence-corrected chi connectivity index (χ1v) is 7.53. The van der Waals surface area contributed by atoms with Gasteiger partial charge in [-0.15, -0.1) is 12.1 Å². The van der Waals surface area contributed by atoms with Crippen LogP contribution in [0.2, 0.25) is 0 Å². The number of oxazole rings is 1. The molecule has 0 aliphatic carbocycles. The van der Waals surface area contributed by atoms with Gasteiger partial charge in [-0.3, -0.25) is 9.97 Å². The standard InChI is InChI=1S/C19H16N3O.Ir/c1-12-6-4-7-13(2)18(12)22-11-10-20-19(22)15-8-5-9-16-17(15)21-14(3)23-16;/h4-7,9-11H,1-3H3;/q-1;. The molecule has 0 atom stereocenters. The van der Waals surface area contributed by atoms with Gasteiger partial charge in [0, 0.05) is 50.6 Å². The predicted octanol–water partition coefficient (Wildman–Crippen LogP) is 4.40. The summed E-state index contributed by atoms with van der Waals surface area (Å²) in [6, 6.07) is 13.3. The monoisotopic (exact) mass is 495 g/mol. The Bertz CT molecular complexity index is 996. The number of aryl methyl sites for hydroxylation is 3. The van der Waals surface area contributed by atoms with Gasteiger partial charge in [-0.1, -0.05) is 29.8 Å². The van der Waals surface area contributed by atoms with Gasteiger partial charge in [-0.05, 0) is 25.0 Å². The maximum Gasteiger partial charge on any atom is 0.180 e. The zero-order valence-corrected chi connectivity index (χ0v) is 16.0. The second kappa shape index (κ2) is 6.34. The van der Waals surface area contributed by atoms with Crippen molar-refractivity contribution in [3.63, 3.8) is 0 Å². The van der Waals surface area contributed by atoms with Crippen molar-refractivity contribution in [1.29, 1.82) is 0 Å². The van der Waals surface area contributed by atoms with Crippen LogP contribution >= 0.6 is 0 Å². The van der Waals surface area contributed by atoms with Crippen molar-refractivity contribution in [2.75, 3.05) is 0 Å². The van der Waals surface area contributed by atoms with Crippen LogP contribution in [-0.2, 0) is 20.1 Å². The van der Waals surface area contributed by atoms with Crippen LogP contribution in [0, 0.1) is 26.8 Å². The van der Waals surface area contributed by atoms with E-state index in [9.17, 15) is 0 Å². The Morgan fingerprint density at radius 3 is 2.58 bits per heavy atom. The van der Waals surface area contributed by atoms with Gasteiger partial charge < -0.3 is 8.98 Å². The van der Waals surface area contributed by atoms with Gasteiger partial charge in [0.1, 0.15) is 0 Å². The quantitative estimate of drug-likeness (QED) is 0.388. The van der Waals surface area contributed by atoms with Crippen molar-refractivity contribution in [3.8, 4) is 17.1 Å². The Hall–Kier alpha value is -2.23. The number of fused-ring (bicyclic) bond motifs is 1. The molecule has 5 heteroatoms. The SMILES string of the molecule is Cc1nc2c(-c3nccn3-c3c(C)cccc3C)[c-]ccc2o1.[Ir]. The van der Waals surface area contributed by atoms with Gasteiger partial charge >= 0.3 is 0 Å². The van der Waals surface area contributed by atoms with E-state index in [0.717, 1.165) is 28.2 Å². The maximum absolute atomic E-state index is 5.63. The fourth-order valence-electron chi connectivity index (χ4n) is 3.03. The molecule has 4 rings (SSSR count). The summed E-state index contributed by atoms with van der Waals surface area (Å²) in [5.74, 6) is 1.47. The first-order chi connectivity index (χ1) is 11.1. The van der Waals surface area contributed by atoms with Gasteiger partial charge in [-0.2, -0.15) is 0 Å². The Labute approximate surface area is 153 Å². The summed E-state index contributed by atoms with van der Waals surface area (Å²) in [6.07, 6.45) is 3.78. The predicted molar refractivity (Wildman–Crippen MR) is 89.6 cm³/mol. The van der Waals surface area contributed by atoms with Gasteiger partial charge in [0.2, 0.25) is 0 Å². The van der Waals surface area contributed by atoms with Crippen molar-refractivity contribution >= 4 is 11.1 Å². The molecule has 0 aliphatic heterocycles. The van der Waals surface area contributed by atoms with Crippen molar-refractivity contribution in [2.24, 2.45) is 0 Å². The fourth-order valence-corrected chi connectivity index (χ4v) is 3.03. The summed E-state index contributed by atoms with van der Waals surface area (Å²) in [5.41, 5.74) is 5.95. The van der Waals surface area contributed by atoms with Crippen LogP contribution in [0.1, 0.15) is 17.0 Å². The van der Waals surface area contributed by atoms with E-state index in [1.54, 1.807) is 6.20 Å². The number of para-hydroxylation sites is 1. The molecule has 0 N–H and O–H groups in total. The molecule has 24 heavy (non-hydrogen) atoms. The molecular weight excluding hydrogens is 478 g/mol. The summed E-state index contributed by atoms with van der Waals surface area (Å²) in [4.78, 5) is 9.05. The minimum absolute atomic E-state index is 0. The fraction of sp³-hybridized carbons (Fsp3) is 0.158. The molecule has 2 aromatic carbocycles. The first-order valence-electron chi connectivity index (χ1n) is 7.53. The average Bonchev–Trinajstić information content (AvgIpc) is 3.12. The number of imidazole rings is 1. The molecule has 4 aromatic rings. The van der Waals surface area contributed by atoms with E-state index in [2.05, 4.69) is 52.6 Å². The number of aromatic nitrogens is 3.